The van der Waals surface area contributed by atoms with Gasteiger partial charge in [0.05, 0.1) is 19.3 Å². The molecule has 0 aromatic carbocycles. The molecule has 0 radical (unpaired) electrons. The van der Waals surface area contributed by atoms with Crippen molar-refractivity contribution in [3.63, 3.8) is 0 Å². The number of nitrogens with zero attached hydrogens (tertiary/aromatic N) is 2. The Kier molecular flexibility index (Phi) is 5.05. The molecule has 2 aliphatic rings. The number of halogens is 3. The van der Waals surface area contributed by atoms with Crippen LogP contribution in [-0.4, -0.2) is 79.7 Å². The predicted molar refractivity (Wildman–Crippen MR) is 63.9 cm³/mol. The summed E-state index contributed by atoms with van der Waals surface area (Å²) in [5.74, 6) is 0.0860. The van der Waals surface area contributed by atoms with Gasteiger partial charge in [-0.3, -0.25) is 4.90 Å². The number of hydrogen-bond acceptors (Lipinski definition) is 4. The van der Waals surface area contributed by atoms with Crippen molar-refractivity contribution in [3.05, 3.63) is 0 Å². The van der Waals surface area contributed by atoms with Crippen molar-refractivity contribution >= 4 is 0 Å². The SMILES string of the molecule is OC1CCOCC1CN1CCN(CC(F)(F)F)CC1. The van der Waals surface area contributed by atoms with E-state index in [1.54, 1.807) is 0 Å². The van der Waals surface area contributed by atoms with Crippen molar-refractivity contribution < 1.29 is 23.0 Å². The van der Waals surface area contributed by atoms with Crippen LogP contribution in [0.25, 0.3) is 0 Å². The molecule has 0 aromatic rings. The van der Waals surface area contributed by atoms with Gasteiger partial charge >= 0.3 is 6.18 Å². The van der Waals surface area contributed by atoms with Crippen LogP contribution in [-0.2, 0) is 4.74 Å². The second-order valence-corrected chi connectivity index (χ2v) is 5.38. The quantitative estimate of drug-likeness (QED) is 0.821. The van der Waals surface area contributed by atoms with Crippen LogP contribution in [0.15, 0.2) is 0 Å². The normalized spacial score (nSPS) is 31.6. The molecule has 0 saturated carbocycles. The van der Waals surface area contributed by atoms with Crippen molar-refractivity contribution in [2.24, 2.45) is 5.92 Å². The second kappa shape index (κ2) is 6.39. The topological polar surface area (TPSA) is 35.9 Å². The second-order valence-electron chi connectivity index (χ2n) is 5.38. The Hall–Kier alpha value is -0.370. The van der Waals surface area contributed by atoms with E-state index in [4.69, 9.17) is 4.74 Å². The van der Waals surface area contributed by atoms with Gasteiger partial charge in [0.25, 0.3) is 0 Å². The molecule has 2 unspecified atom stereocenters. The summed E-state index contributed by atoms with van der Waals surface area (Å²) in [5.41, 5.74) is 0. The molecular formula is C12H21F3N2O2. The van der Waals surface area contributed by atoms with E-state index in [9.17, 15) is 18.3 Å². The van der Waals surface area contributed by atoms with Crippen LogP contribution in [0.3, 0.4) is 0 Å². The molecule has 2 saturated heterocycles. The minimum Gasteiger partial charge on any atom is -0.393 e. The Morgan fingerprint density at radius 3 is 2.32 bits per heavy atom. The van der Waals surface area contributed by atoms with E-state index in [2.05, 4.69) is 4.90 Å². The number of rotatable bonds is 3. The lowest BCUT2D eigenvalue weighted by molar-refractivity contribution is -0.149. The summed E-state index contributed by atoms with van der Waals surface area (Å²) < 4.78 is 42.1. The Morgan fingerprint density at radius 2 is 1.74 bits per heavy atom. The number of alkyl halides is 3. The number of aliphatic hydroxyl groups is 1. The zero-order valence-electron chi connectivity index (χ0n) is 10.9. The van der Waals surface area contributed by atoms with Crippen LogP contribution in [0.4, 0.5) is 13.2 Å². The molecule has 1 N–H and O–H groups in total. The third-order valence-electron chi connectivity index (χ3n) is 3.79. The van der Waals surface area contributed by atoms with Gasteiger partial charge in [-0.25, -0.2) is 0 Å². The van der Waals surface area contributed by atoms with Crippen LogP contribution < -0.4 is 0 Å². The molecule has 4 nitrogen and oxygen atoms in total. The zero-order chi connectivity index (χ0) is 13.9. The number of hydrogen-bond donors (Lipinski definition) is 1. The fourth-order valence-corrected chi connectivity index (χ4v) is 2.68. The van der Waals surface area contributed by atoms with Gasteiger partial charge in [-0.15, -0.1) is 0 Å². The summed E-state index contributed by atoms with van der Waals surface area (Å²) in [6.45, 7) is 3.14. The molecular weight excluding hydrogens is 261 g/mol. The lowest BCUT2D eigenvalue weighted by Crippen LogP contribution is -2.51. The number of ether oxygens (including phenoxy) is 1. The summed E-state index contributed by atoms with van der Waals surface area (Å²) in [5, 5.41) is 9.84. The highest BCUT2D eigenvalue weighted by Gasteiger charge is 2.33. The summed E-state index contributed by atoms with van der Waals surface area (Å²) in [4.78, 5) is 3.56. The first-order chi connectivity index (χ1) is 8.94. The summed E-state index contributed by atoms with van der Waals surface area (Å²) in [6, 6.07) is 0. The first-order valence-electron chi connectivity index (χ1n) is 6.71. The van der Waals surface area contributed by atoms with E-state index >= 15 is 0 Å². The van der Waals surface area contributed by atoms with Gasteiger partial charge in [0, 0.05) is 45.2 Å². The highest BCUT2D eigenvalue weighted by atomic mass is 19.4. The molecule has 0 aliphatic carbocycles. The van der Waals surface area contributed by atoms with Crippen molar-refractivity contribution in [2.75, 3.05) is 52.5 Å². The van der Waals surface area contributed by atoms with Crippen LogP contribution >= 0.6 is 0 Å². The largest absolute Gasteiger partial charge is 0.401 e. The van der Waals surface area contributed by atoms with E-state index in [-0.39, 0.29) is 12.0 Å². The van der Waals surface area contributed by atoms with Gasteiger partial charge in [-0.05, 0) is 6.42 Å². The molecule has 7 heteroatoms. The van der Waals surface area contributed by atoms with Crippen molar-refractivity contribution in [1.82, 2.24) is 9.80 Å². The Labute approximate surface area is 111 Å². The van der Waals surface area contributed by atoms with Gasteiger partial charge in [-0.1, -0.05) is 0 Å². The molecule has 0 amide bonds. The average molecular weight is 282 g/mol. The molecule has 2 fully saturated rings. The molecule has 19 heavy (non-hydrogen) atoms. The molecule has 2 heterocycles. The molecule has 0 spiro atoms. The van der Waals surface area contributed by atoms with Gasteiger partial charge in [0.1, 0.15) is 0 Å². The van der Waals surface area contributed by atoms with Crippen LogP contribution in [0.5, 0.6) is 0 Å². The molecule has 2 atom stereocenters. The average Bonchev–Trinajstić information content (AvgIpc) is 2.33. The third-order valence-corrected chi connectivity index (χ3v) is 3.79. The molecule has 2 rings (SSSR count). The van der Waals surface area contributed by atoms with Crippen molar-refractivity contribution in [2.45, 2.75) is 18.7 Å². The van der Waals surface area contributed by atoms with E-state index in [0.29, 0.717) is 52.4 Å². The van der Waals surface area contributed by atoms with E-state index in [1.807, 2.05) is 0 Å². The number of aliphatic hydroxyl groups excluding tert-OH is 1. The van der Waals surface area contributed by atoms with Crippen LogP contribution in [0.1, 0.15) is 6.42 Å². The van der Waals surface area contributed by atoms with Gasteiger partial charge in [0.15, 0.2) is 0 Å². The Morgan fingerprint density at radius 1 is 1.11 bits per heavy atom. The highest BCUT2D eigenvalue weighted by Crippen LogP contribution is 2.19. The van der Waals surface area contributed by atoms with Gasteiger partial charge in [-0.2, -0.15) is 13.2 Å². The third kappa shape index (κ3) is 4.91. The smallest absolute Gasteiger partial charge is 0.393 e. The van der Waals surface area contributed by atoms with E-state index in [1.165, 1.54) is 4.90 Å². The first kappa shape index (κ1) is 15.0. The predicted octanol–water partition coefficient (Wildman–Crippen LogP) is 0.564. The monoisotopic (exact) mass is 282 g/mol. The summed E-state index contributed by atoms with van der Waals surface area (Å²) in [7, 11) is 0. The van der Waals surface area contributed by atoms with Gasteiger partial charge in [0.2, 0.25) is 0 Å². The molecule has 2 aliphatic heterocycles. The summed E-state index contributed by atoms with van der Waals surface area (Å²) >= 11 is 0. The Balaban J connectivity index is 1.71. The highest BCUT2D eigenvalue weighted by molar-refractivity contribution is 4.80. The van der Waals surface area contributed by atoms with Crippen molar-refractivity contribution in [3.8, 4) is 0 Å². The minimum absolute atomic E-state index is 0.0860. The Bertz CT molecular complexity index is 281. The number of piperazine rings is 1. The standard InChI is InChI=1S/C12H21F3N2O2/c13-12(14,15)9-17-4-2-16(3-5-17)7-10-8-19-6-1-11(10)18/h10-11,18H,1-9H2. The fraction of sp³-hybridized carbons (Fsp3) is 1.00. The maximum absolute atomic E-state index is 12.3. The van der Waals surface area contributed by atoms with Crippen LogP contribution in [0.2, 0.25) is 0 Å². The molecule has 0 bridgehead atoms. The lowest BCUT2D eigenvalue weighted by Gasteiger charge is -2.38. The van der Waals surface area contributed by atoms with E-state index in [0.717, 1.165) is 0 Å². The lowest BCUT2D eigenvalue weighted by atomic mass is 9.98. The fourth-order valence-electron chi connectivity index (χ4n) is 2.68. The maximum Gasteiger partial charge on any atom is 0.401 e. The molecule has 0 aromatic heterocycles. The molecule has 112 valence electrons. The minimum atomic E-state index is -4.12. The first-order valence-corrected chi connectivity index (χ1v) is 6.71. The summed E-state index contributed by atoms with van der Waals surface area (Å²) in [6.07, 6.45) is -3.81. The maximum atomic E-state index is 12.3. The van der Waals surface area contributed by atoms with Crippen LogP contribution in [0, 0.1) is 5.92 Å². The van der Waals surface area contributed by atoms with Gasteiger partial charge < -0.3 is 14.7 Å². The van der Waals surface area contributed by atoms with E-state index < -0.39 is 12.7 Å². The van der Waals surface area contributed by atoms with Crippen molar-refractivity contribution in [1.29, 1.82) is 0 Å². The zero-order valence-corrected chi connectivity index (χ0v) is 10.9.